The Hall–Kier alpha value is -3.80. The van der Waals surface area contributed by atoms with Crippen LogP contribution in [0.5, 0.6) is 0 Å². The van der Waals surface area contributed by atoms with Crippen LogP contribution >= 0.6 is 0 Å². The van der Waals surface area contributed by atoms with E-state index in [0.717, 1.165) is 22.8 Å². The molecular formula is C30H42Cl2Cu2N12O8. The maximum absolute atomic E-state index is 8.49. The minimum Gasteiger partial charge on any atom is -0.262 e. The molecule has 0 saturated carbocycles. The fourth-order valence-corrected chi connectivity index (χ4v) is 3.78. The topological polar surface area (TPSA) is 329 Å². The first-order valence-corrected chi connectivity index (χ1v) is 17.0. The van der Waals surface area contributed by atoms with E-state index < -0.39 is 20.5 Å². The van der Waals surface area contributed by atoms with E-state index in [-0.39, 0.29) is 34.1 Å². The van der Waals surface area contributed by atoms with Gasteiger partial charge in [-0.3, -0.25) is 9.97 Å². The van der Waals surface area contributed by atoms with Gasteiger partial charge in [0.05, 0.1) is 34.9 Å². The van der Waals surface area contributed by atoms with Gasteiger partial charge in [0.15, 0.2) is 0 Å². The Morgan fingerprint density at radius 3 is 0.704 bits per heavy atom. The molecule has 0 radical (unpaired) electrons. The maximum atomic E-state index is 8.49. The average molecular weight is 897 g/mol. The fourth-order valence-electron chi connectivity index (χ4n) is 3.78. The zero-order valence-corrected chi connectivity index (χ0v) is 34.4. The van der Waals surface area contributed by atoms with Crippen molar-refractivity contribution >= 4 is 0 Å². The molecule has 306 valence electrons. The molecule has 0 aliphatic carbocycles. The van der Waals surface area contributed by atoms with Crippen LogP contribution in [0.1, 0.15) is 59.4 Å². The van der Waals surface area contributed by atoms with Crippen molar-refractivity contribution < 1.29 is 91.9 Å². The van der Waals surface area contributed by atoms with Gasteiger partial charge in [-0.25, -0.2) is 56.0 Å². The fraction of sp³-hybridized carbons (Fsp3) is 0.400. The summed E-state index contributed by atoms with van der Waals surface area (Å²) >= 11 is 0. The Morgan fingerprint density at radius 1 is 0.463 bits per heavy atom. The molecule has 0 N–H and O–H groups in total. The van der Waals surface area contributed by atoms with Crippen molar-refractivity contribution in [2.24, 2.45) is 0 Å². The third kappa shape index (κ3) is 31.7. The molecule has 0 aliphatic heterocycles. The average Bonchev–Trinajstić information content (AvgIpc) is 3.70. The van der Waals surface area contributed by atoms with E-state index in [1.807, 2.05) is 46.4 Å². The minimum absolute atomic E-state index is 0. The van der Waals surface area contributed by atoms with Crippen LogP contribution in [-0.2, 0) is 47.5 Å². The summed E-state index contributed by atoms with van der Waals surface area (Å²) in [6.45, 7) is 20.5. The number of hydrogen-bond donors (Lipinski definition) is 0. The van der Waals surface area contributed by atoms with Gasteiger partial charge in [0.1, 0.15) is 13.3 Å². The Bertz CT molecular complexity index is 1550. The first kappa shape index (κ1) is 56.9. The summed E-state index contributed by atoms with van der Waals surface area (Å²) in [5, 5.41) is 32.3. The second kappa shape index (κ2) is 29.5. The summed E-state index contributed by atoms with van der Waals surface area (Å²) < 4.78 is 75.8. The summed E-state index contributed by atoms with van der Waals surface area (Å²) in [5.41, 5.74) is 8.87. The number of aryl methyl sites for hydroxylation is 8. The van der Waals surface area contributed by atoms with E-state index in [2.05, 4.69) is 82.3 Å². The molecule has 0 aromatic carbocycles. The van der Waals surface area contributed by atoms with Gasteiger partial charge in [-0.2, -0.15) is 30.9 Å². The van der Waals surface area contributed by atoms with Crippen LogP contribution in [0.3, 0.4) is 0 Å². The van der Waals surface area contributed by atoms with Crippen molar-refractivity contribution in [3.8, 4) is 12.1 Å². The first-order chi connectivity index (χ1) is 23.9. The molecule has 5 heterocycles. The van der Waals surface area contributed by atoms with Gasteiger partial charge >= 0.3 is 34.1 Å². The van der Waals surface area contributed by atoms with Crippen LogP contribution in [0.2, 0.25) is 0 Å². The van der Waals surface area contributed by atoms with Gasteiger partial charge in [0.25, 0.3) is 0 Å². The van der Waals surface area contributed by atoms with E-state index in [9.17, 15) is 0 Å². The molecule has 0 spiro atoms. The van der Waals surface area contributed by atoms with E-state index >= 15 is 0 Å². The van der Waals surface area contributed by atoms with E-state index in [1.165, 1.54) is 36.6 Å². The van der Waals surface area contributed by atoms with Gasteiger partial charge in [-0.15, -0.1) is 20.5 Å². The number of halogens is 2. The Balaban J connectivity index is -0.000000297. The predicted octanol–water partition coefficient (Wildman–Crippen LogP) is -4.34. The zero-order chi connectivity index (χ0) is 40.7. The van der Waals surface area contributed by atoms with E-state index in [4.69, 9.17) is 47.8 Å². The first-order valence-electron chi connectivity index (χ1n) is 14.5. The van der Waals surface area contributed by atoms with Crippen LogP contribution in [0.25, 0.3) is 0 Å². The van der Waals surface area contributed by atoms with E-state index in [0.29, 0.717) is 13.3 Å². The van der Waals surface area contributed by atoms with Gasteiger partial charge in [-0.05, 0) is 79.7 Å². The molecule has 0 saturated heterocycles. The van der Waals surface area contributed by atoms with E-state index in [1.54, 1.807) is 36.9 Å². The van der Waals surface area contributed by atoms with Gasteiger partial charge < -0.3 is 0 Å². The van der Waals surface area contributed by atoms with Crippen LogP contribution < -0.4 is 37.3 Å². The minimum atomic E-state index is -4.94. The second-order valence-corrected chi connectivity index (χ2v) is 11.6. The summed E-state index contributed by atoms with van der Waals surface area (Å²) in [5.74, 6) is 0. The molecule has 5 aromatic heterocycles. The van der Waals surface area contributed by atoms with Crippen LogP contribution in [-0.4, -0.2) is 49.1 Å². The standard InChI is InChI=1S/2C11H16N4.C4H4N2.2C2H3N.2ClHO4.2Cu/c2*1-8-5-10(3)14(12-8)7-15-11(4)6-9(2)13-15;1-2-6-4-3-5-1;2*1-2-3;2*2-1(3,4)5;;/h2*5-6H,7H2,1-4H3;1-4H;2*1H3;2*(H,2,3,4,5);;/q;;;;;;;2*+1/p-2. The number of hydrogen-bond acceptors (Lipinski definition) is 16. The van der Waals surface area contributed by atoms with Crippen molar-refractivity contribution in [3.05, 3.63) is 94.6 Å². The number of rotatable bonds is 4. The maximum Gasteiger partial charge on any atom is 1.00 e. The van der Waals surface area contributed by atoms with Crippen molar-refractivity contribution in [3.63, 3.8) is 0 Å². The van der Waals surface area contributed by atoms with Crippen molar-refractivity contribution in [1.82, 2.24) is 49.1 Å². The summed E-state index contributed by atoms with van der Waals surface area (Å²) in [6, 6.07) is 11.8. The Morgan fingerprint density at radius 2 is 0.611 bits per heavy atom. The molecule has 24 heteroatoms. The van der Waals surface area contributed by atoms with Crippen molar-refractivity contribution in [1.29, 1.82) is 10.5 Å². The number of nitrogens with zero attached hydrogens (tertiary/aromatic N) is 12. The Kier molecular flexibility index (Phi) is 31.1. The molecule has 5 aromatic rings. The third-order valence-electron chi connectivity index (χ3n) is 5.43. The quantitative estimate of drug-likeness (QED) is 0.154. The molecule has 0 fully saturated rings. The summed E-state index contributed by atoms with van der Waals surface area (Å²) in [7, 11) is -9.89. The molecule has 0 unspecified atom stereocenters. The van der Waals surface area contributed by atoms with Crippen LogP contribution in [0, 0.1) is 98.5 Å². The zero-order valence-electron chi connectivity index (χ0n) is 31.0. The van der Waals surface area contributed by atoms with Gasteiger partial charge in [-0.1, -0.05) is 0 Å². The van der Waals surface area contributed by atoms with Gasteiger partial charge in [0, 0.05) is 61.4 Å². The normalized spacial score (nSPS) is 9.48. The monoisotopic (exact) mass is 894 g/mol. The van der Waals surface area contributed by atoms with Crippen molar-refractivity contribution in [2.45, 2.75) is 82.6 Å². The van der Waals surface area contributed by atoms with Gasteiger partial charge in [0.2, 0.25) is 0 Å². The van der Waals surface area contributed by atoms with Crippen molar-refractivity contribution in [2.75, 3.05) is 0 Å². The molecule has 0 bridgehead atoms. The predicted molar refractivity (Wildman–Crippen MR) is 162 cm³/mol. The largest absolute Gasteiger partial charge is 1.00 e. The molecule has 0 aliphatic rings. The molecule has 0 atom stereocenters. The number of aromatic nitrogens is 10. The SMILES string of the molecule is CC#N.CC#N.Cc1cc(C)n(Cn2nc(C)cc2C)n1.Cc1cc(C)n(Cn2nc(C)cc2C)n1.[Cu+].[Cu+].[O-][Cl+3]([O-])([O-])[O-].[O-][Cl+3]([O-])([O-])[O-].c1cnccn1. The Labute approximate surface area is 339 Å². The molecule has 0 amide bonds. The molecule has 54 heavy (non-hydrogen) atoms. The smallest absolute Gasteiger partial charge is 0.262 e. The summed E-state index contributed by atoms with van der Waals surface area (Å²) in [6.07, 6.45) is 6.56. The van der Waals surface area contributed by atoms with Crippen LogP contribution in [0.4, 0.5) is 0 Å². The second-order valence-electron chi connectivity index (χ2n) is 10.1. The van der Waals surface area contributed by atoms with Crippen LogP contribution in [0.15, 0.2) is 49.1 Å². The molecular weight excluding hydrogens is 854 g/mol. The molecule has 20 nitrogen and oxygen atoms in total. The summed E-state index contributed by atoms with van der Waals surface area (Å²) in [4.78, 5) is 7.44. The number of nitriles is 2. The third-order valence-corrected chi connectivity index (χ3v) is 5.43. The molecule has 5 rings (SSSR count).